The second-order valence-corrected chi connectivity index (χ2v) is 4.65. The zero-order chi connectivity index (χ0) is 9.97. The zero-order valence-electron chi connectivity index (χ0n) is 7.45. The molecule has 0 unspecified atom stereocenters. The minimum Gasteiger partial charge on any atom is -0.368 e. The van der Waals surface area contributed by atoms with Crippen LogP contribution in [0, 0.1) is 0 Å². The largest absolute Gasteiger partial charge is 0.368 e. The molecule has 0 bridgehead atoms. The molecular formula is C8H8ClN3S2. The van der Waals surface area contributed by atoms with Crippen molar-refractivity contribution in [2.45, 2.75) is 6.92 Å². The highest BCUT2D eigenvalue weighted by Crippen LogP contribution is 2.35. The highest BCUT2D eigenvalue weighted by atomic mass is 35.5. The van der Waals surface area contributed by atoms with E-state index in [2.05, 4.69) is 14.1 Å². The van der Waals surface area contributed by atoms with E-state index in [1.807, 2.05) is 18.4 Å². The van der Waals surface area contributed by atoms with E-state index in [4.69, 9.17) is 11.6 Å². The van der Waals surface area contributed by atoms with Crippen molar-refractivity contribution in [3.8, 4) is 11.3 Å². The SMILES string of the molecule is CCNc1nsnc1-c1ccsc1Cl. The van der Waals surface area contributed by atoms with Gasteiger partial charge < -0.3 is 5.32 Å². The number of halogens is 1. The first-order chi connectivity index (χ1) is 6.83. The van der Waals surface area contributed by atoms with Gasteiger partial charge in [-0.05, 0) is 18.4 Å². The fourth-order valence-electron chi connectivity index (χ4n) is 1.11. The third-order valence-corrected chi connectivity index (χ3v) is 3.40. The summed E-state index contributed by atoms with van der Waals surface area (Å²) in [7, 11) is 0. The third-order valence-electron chi connectivity index (χ3n) is 1.71. The topological polar surface area (TPSA) is 37.8 Å². The van der Waals surface area contributed by atoms with Gasteiger partial charge in [0.2, 0.25) is 0 Å². The van der Waals surface area contributed by atoms with Crippen molar-refractivity contribution < 1.29 is 0 Å². The Kier molecular flexibility index (Phi) is 3.00. The van der Waals surface area contributed by atoms with Crippen molar-refractivity contribution in [3.05, 3.63) is 15.8 Å². The molecule has 0 amide bonds. The summed E-state index contributed by atoms with van der Waals surface area (Å²) in [6.07, 6.45) is 0. The lowest BCUT2D eigenvalue weighted by molar-refractivity contribution is 1.19. The summed E-state index contributed by atoms with van der Waals surface area (Å²) in [4.78, 5) is 0. The molecular weight excluding hydrogens is 238 g/mol. The first kappa shape index (κ1) is 9.89. The Labute approximate surface area is 95.1 Å². The van der Waals surface area contributed by atoms with Gasteiger partial charge in [-0.2, -0.15) is 8.75 Å². The van der Waals surface area contributed by atoms with E-state index in [-0.39, 0.29) is 0 Å². The van der Waals surface area contributed by atoms with Crippen LogP contribution < -0.4 is 5.32 Å². The number of nitrogens with one attached hydrogen (secondary N) is 1. The maximum Gasteiger partial charge on any atom is 0.168 e. The second kappa shape index (κ2) is 4.25. The molecule has 2 heterocycles. The number of anilines is 1. The molecule has 3 nitrogen and oxygen atoms in total. The molecule has 2 aromatic heterocycles. The maximum atomic E-state index is 6.03. The maximum absolute atomic E-state index is 6.03. The number of hydrogen-bond donors (Lipinski definition) is 1. The van der Waals surface area contributed by atoms with Crippen molar-refractivity contribution >= 4 is 40.5 Å². The molecule has 14 heavy (non-hydrogen) atoms. The molecule has 1 N–H and O–H groups in total. The number of rotatable bonds is 3. The van der Waals surface area contributed by atoms with Crippen LogP contribution in [0.5, 0.6) is 0 Å². The van der Waals surface area contributed by atoms with Crippen LogP contribution in [0.2, 0.25) is 4.34 Å². The molecule has 0 fully saturated rings. The molecule has 0 aliphatic carbocycles. The molecule has 0 aromatic carbocycles. The van der Waals surface area contributed by atoms with E-state index in [0.717, 1.165) is 28.0 Å². The quantitative estimate of drug-likeness (QED) is 0.901. The van der Waals surface area contributed by atoms with Gasteiger partial charge in [-0.25, -0.2) is 0 Å². The summed E-state index contributed by atoms with van der Waals surface area (Å²) in [5.41, 5.74) is 1.81. The molecule has 2 rings (SSSR count). The highest BCUT2D eigenvalue weighted by Gasteiger charge is 2.13. The predicted molar refractivity (Wildman–Crippen MR) is 62.4 cm³/mol. The smallest absolute Gasteiger partial charge is 0.168 e. The molecule has 0 spiro atoms. The van der Waals surface area contributed by atoms with E-state index in [1.165, 1.54) is 23.1 Å². The predicted octanol–water partition coefficient (Wildman–Crippen LogP) is 3.35. The summed E-state index contributed by atoms with van der Waals surface area (Å²) in [5, 5.41) is 5.11. The summed E-state index contributed by atoms with van der Waals surface area (Å²) < 4.78 is 9.16. The van der Waals surface area contributed by atoms with Crippen LogP contribution in [-0.4, -0.2) is 15.3 Å². The standard InChI is InChI=1S/C8H8ClN3S2/c1-2-10-8-6(11-14-12-8)5-3-4-13-7(5)9/h3-4H,2H2,1H3,(H,10,12). The van der Waals surface area contributed by atoms with Crippen LogP contribution in [0.15, 0.2) is 11.4 Å². The van der Waals surface area contributed by atoms with Crippen molar-refractivity contribution in [2.24, 2.45) is 0 Å². The van der Waals surface area contributed by atoms with Gasteiger partial charge in [-0.3, -0.25) is 0 Å². The highest BCUT2D eigenvalue weighted by molar-refractivity contribution is 7.15. The van der Waals surface area contributed by atoms with E-state index < -0.39 is 0 Å². The van der Waals surface area contributed by atoms with E-state index in [9.17, 15) is 0 Å². The third kappa shape index (κ3) is 1.75. The van der Waals surface area contributed by atoms with E-state index in [0.29, 0.717) is 0 Å². The summed E-state index contributed by atoms with van der Waals surface area (Å²) in [5.74, 6) is 0.817. The van der Waals surface area contributed by atoms with Gasteiger partial charge in [0.05, 0.1) is 11.7 Å². The minimum absolute atomic E-state index is 0.761. The summed E-state index contributed by atoms with van der Waals surface area (Å²) in [6.45, 7) is 2.86. The van der Waals surface area contributed by atoms with Crippen LogP contribution in [0.4, 0.5) is 5.82 Å². The van der Waals surface area contributed by atoms with Gasteiger partial charge in [0.25, 0.3) is 0 Å². The van der Waals surface area contributed by atoms with Crippen molar-refractivity contribution in [2.75, 3.05) is 11.9 Å². The molecule has 2 aromatic rings. The zero-order valence-corrected chi connectivity index (χ0v) is 9.84. The fourth-order valence-corrected chi connectivity index (χ4v) is 2.57. The second-order valence-electron chi connectivity index (χ2n) is 2.60. The lowest BCUT2D eigenvalue weighted by Crippen LogP contribution is -1.97. The van der Waals surface area contributed by atoms with Crippen LogP contribution >= 0.6 is 34.7 Å². The molecule has 0 saturated heterocycles. The van der Waals surface area contributed by atoms with Gasteiger partial charge >= 0.3 is 0 Å². The molecule has 6 heteroatoms. The van der Waals surface area contributed by atoms with Gasteiger partial charge in [0, 0.05) is 12.1 Å². The average Bonchev–Trinajstić information content (AvgIpc) is 2.74. The van der Waals surface area contributed by atoms with Crippen molar-refractivity contribution in [3.63, 3.8) is 0 Å². The first-order valence-corrected chi connectivity index (χ1v) is 6.11. The first-order valence-electron chi connectivity index (χ1n) is 4.12. The lowest BCUT2D eigenvalue weighted by atomic mass is 10.2. The van der Waals surface area contributed by atoms with Crippen molar-refractivity contribution in [1.82, 2.24) is 8.75 Å². The molecule has 0 saturated carbocycles. The number of aromatic nitrogens is 2. The van der Waals surface area contributed by atoms with E-state index >= 15 is 0 Å². The monoisotopic (exact) mass is 245 g/mol. The van der Waals surface area contributed by atoms with Gasteiger partial charge in [0.15, 0.2) is 5.82 Å². The Morgan fingerprint density at radius 1 is 1.50 bits per heavy atom. The summed E-state index contributed by atoms with van der Waals surface area (Å²) in [6, 6.07) is 1.96. The Morgan fingerprint density at radius 2 is 2.36 bits per heavy atom. The number of nitrogens with zero attached hydrogens (tertiary/aromatic N) is 2. The van der Waals surface area contributed by atoms with Gasteiger partial charge in [0.1, 0.15) is 10.0 Å². The molecule has 0 atom stereocenters. The molecule has 0 aliphatic heterocycles. The Balaban J connectivity index is 2.41. The lowest BCUT2D eigenvalue weighted by Gasteiger charge is -1.99. The summed E-state index contributed by atoms with van der Waals surface area (Å²) >= 11 is 8.73. The van der Waals surface area contributed by atoms with E-state index in [1.54, 1.807) is 0 Å². The number of hydrogen-bond acceptors (Lipinski definition) is 5. The molecule has 74 valence electrons. The van der Waals surface area contributed by atoms with Crippen LogP contribution in [0.1, 0.15) is 6.92 Å². The van der Waals surface area contributed by atoms with Crippen LogP contribution in [0.3, 0.4) is 0 Å². The Hall–Kier alpha value is -0.650. The van der Waals surface area contributed by atoms with Gasteiger partial charge in [-0.15, -0.1) is 11.3 Å². The number of thiophene rings is 1. The minimum atomic E-state index is 0.761. The van der Waals surface area contributed by atoms with Crippen LogP contribution in [0.25, 0.3) is 11.3 Å². The van der Waals surface area contributed by atoms with Crippen LogP contribution in [-0.2, 0) is 0 Å². The fraction of sp³-hybridized carbons (Fsp3) is 0.250. The average molecular weight is 246 g/mol. The normalized spacial score (nSPS) is 10.4. The van der Waals surface area contributed by atoms with Gasteiger partial charge in [-0.1, -0.05) is 11.6 Å². The van der Waals surface area contributed by atoms with Crippen molar-refractivity contribution in [1.29, 1.82) is 0 Å². The Bertz CT molecular complexity index is 424. The molecule has 0 radical (unpaired) electrons. The molecule has 0 aliphatic rings. The Morgan fingerprint density at radius 3 is 3.00 bits per heavy atom.